The van der Waals surface area contributed by atoms with E-state index in [1.807, 2.05) is 43.3 Å². The lowest BCUT2D eigenvalue weighted by molar-refractivity contribution is 0.195. The Morgan fingerprint density at radius 2 is 1.89 bits per heavy atom. The van der Waals surface area contributed by atoms with Gasteiger partial charge in [-0.25, -0.2) is 4.79 Å². The molecule has 0 saturated heterocycles. The Bertz CT molecular complexity index is 435. The normalized spacial score (nSPS) is 10.9. The molecule has 0 aromatic heterocycles. The first-order valence-corrected chi connectivity index (χ1v) is 5.93. The summed E-state index contributed by atoms with van der Waals surface area (Å²) in [6.07, 6.45) is 3.67. The predicted molar refractivity (Wildman–Crippen MR) is 76.1 cm³/mol. The topological polar surface area (TPSA) is 23.6 Å². The Morgan fingerprint density at radius 1 is 1.28 bits per heavy atom. The third kappa shape index (κ3) is 3.23. The van der Waals surface area contributed by atoms with E-state index in [-0.39, 0.29) is 6.03 Å². The summed E-state index contributed by atoms with van der Waals surface area (Å²) in [6, 6.07) is 9.83. The van der Waals surface area contributed by atoms with Gasteiger partial charge >= 0.3 is 6.03 Å². The Hall–Kier alpha value is -2.03. The van der Waals surface area contributed by atoms with Crippen molar-refractivity contribution >= 4 is 11.7 Å². The Labute approximate surface area is 109 Å². The first kappa shape index (κ1) is 14.0. The monoisotopic (exact) mass is 244 g/mol. The minimum atomic E-state index is -0.0492. The third-order valence-electron chi connectivity index (χ3n) is 2.56. The molecule has 1 rings (SSSR count). The van der Waals surface area contributed by atoms with Crippen LogP contribution in [-0.4, -0.2) is 36.5 Å². The van der Waals surface area contributed by atoms with Gasteiger partial charge in [0.15, 0.2) is 0 Å². The zero-order valence-corrected chi connectivity index (χ0v) is 11.3. The van der Waals surface area contributed by atoms with Gasteiger partial charge in [-0.2, -0.15) is 0 Å². The van der Waals surface area contributed by atoms with Crippen LogP contribution in [0, 0.1) is 0 Å². The van der Waals surface area contributed by atoms with Crippen molar-refractivity contribution in [2.75, 3.05) is 20.6 Å². The van der Waals surface area contributed by atoms with Crippen LogP contribution in [-0.2, 0) is 0 Å². The number of nitrogens with zero attached hydrogens (tertiary/aromatic N) is 2. The van der Waals surface area contributed by atoms with E-state index in [0.717, 1.165) is 11.3 Å². The third-order valence-corrected chi connectivity index (χ3v) is 2.56. The van der Waals surface area contributed by atoms with Crippen LogP contribution >= 0.6 is 0 Å². The Balaban J connectivity index is 3.11. The molecule has 0 fully saturated rings. The van der Waals surface area contributed by atoms with Crippen LogP contribution in [0.5, 0.6) is 0 Å². The second-order valence-electron chi connectivity index (χ2n) is 4.12. The minimum Gasteiger partial charge on any atom is -0.330 e. The fourth-order valence-electron chi connectivity index (χ4n) is 1.74. The van der Waals surface area contributed by atoms with Crippen molar-refractivity contribution in [1.29, 1.82) is 0 Å². The largest absolute Gasteiger partial charge is 0.330 e. The quantitative estimate of drug-likeness (QED) is 0.746. The molecule has 3 heteroatoms. The maximum absolute atomic E-state index is 12.2. The van der Waals surface area contributed by atoms with Gasteiger partial charge in [0.2, 0.25) is 0 Å². The highest BCUT2D eigenvalue weighted by Gasteiger charge is 2.18. The second kappa shape index (κ2) is 6.64. The standard InChI is InChI=1S/C15H20N2O/c1-5-12-17(15(18)16(3)4)14(6-2)13-10-8-7-9-11-13/h5-11H,1,12H2,2-4H3/b14-6-. The van der Waals surface area contributed by atoms with Crippen molar-refractivity contribution in [1.82, 2.24) is 9.80 Å². The van der Waals surface area contributed by atoms with Crippen LogP contribution in [0.4, 0.5) is 4.79 Å². The first-order chi connectivity index (χ1) is 8.61. The van der Waals surface area contributed by atoms with Crippen molar-refractivity contribution < 1.29 is 4.79 Å². The summed E-state index contributed by atoms with van der Waals surface area (Å²) >= 11 is 0. The van der Waals surface area contributed by atoms with Gasteiger partial charge < -0.3 is 4.90 Å². The van der Waals surface area contributed by atoms with Gasteiger partial charge in [0, 0.05) is 26.3 Å². The minimum absolute atomic E-state index is 0.0492. The average Bonchev–Trinajstić information content (AvgIpc) is 2.39. The van der Waals surface area contributed by atoms with E-state index in [1.165, 1.54) is 0 Å². The molecule has 1 aromatic rings. The molecule has 0 aliphatic heterocycles. The Kier molecular flexibility index (Phi) is 5.18. The molecule has 0 aliphatic rings. The summed E-state index contributed by atoms with van der Waals surface area (Å²) in [5.41, 5.74) is 1.92. The van der Waals surface area contributed by atoms with E-state index in [2.05, 4.69) is 6.58 Å². The van der Waals surface area contributed by atoms with E-state index < -0.39 is 0 Å². The van der Waals surface area contributed by atoms with E-state index >= 15 is 0 Å². The van der Waals surface area contributed by atoms with Crippen molar-refractivity contribution in [3.8, 4) is 0 Å². The van der Waals surface area contributed by atoms with Gasteiger partial charge in [0.25, 0.3) is 0 Å². The summed E-state index contributed by atoms with van der Waals surface area (Å²) in [6.45, 7) is 6.14. The van der Waals surface area contributed by atoms with Gasteiger partial charge in [-0.1, -0.05) is 42.5 Å². The van der Waals surface area contributed by atoms with Crippen LogP contribution < -0.4 is 0 Å². The van der Waals surface area contributed by atoms with Gasteiger partial charge in [0.1, 0.15) is 0 Å². The summed E-state index contributed by atoms with van der Waals surface area (Å²) in [5, 5.41) is 0. The van der Waals surface area contributed by atoms with Crippen LogP contribution in [0.1, 0.15) is 12.5 Å². The molecule has 2 amide bonds. The fraction of sp³-hybridized carbons (Fsp3) is 0.267. The number of urea groups is 1. The lowest BCUT2D eigenvalue weighted by atomic mass is 10.1. The molecule has 0 N–H and O–H groups in total. The molecule has 0 radical (unpaired) electrons. The van der Waals surface area contributed by atoms with Crippen LogP contribution in [0.2, 0.25) is 0 Å². The van der Waals surface area contributed by atoms with E-state index in [4.69, 9.17) is 0 Å². The zero-order chi connectivity index (χ0) is 13.5. The van der Waals surface area contributed by atoms with Crippen molar-refractivity contribution in [3.05, 3.63) is 54.6 Å². The number of rotatable bonds is 4. The molecule has 1 aromatic carbocycles. The number of carbonyl (C=O) groups excluding carboxylic acids is 1. The highest BCUT2D eigenvalue weighted by atomic mass is 16.2. The van der Waals surface area contributed by atoms with Gasteiger partial charge in [-0.3, -0.25) is 4.90 Å². The second-order valence-corrected chi connectivity index (χ2v) is 4.12. The van der Waals surface area contributed by atoms with Crippen LogP contribution in [0.25, 0.3) is 5.70 Å². The van der Waals surface area contributed by atoms with Crippen molar-refractivity contribution in [2.24, 2.45) is 0 Å². The summed E-state index contributed by atoms with van der Waals surface area (Å²) in [7, 11) is 3.49. The van der Waals surface area contributed by atoms with Crippen LogP contribution in [0.3, 0.4) is 0 Å². The summed E-state index contributed by atoms with van der Waals surface area (Å²) in [5.74, 6) is 0. The highest BCUT2D eigenvalue weighted by molar-refractivity contribution is 5.85. The smallest absolute Gasteiger partial charge is 0.324 e. The molecule has 0 bridgehead atoms. The van der Waals surface area contributed by atoms with Gasteiger partial charge in [-0.05, 0) is 12.5 Å². The number of hydrogen-bond donors (Lipinski definition) is 0. The molecule has 0 saturated carbocycles. The lowest BCUT2D eigenvalue weighted by Crippen LogP contribution is -2.38. The highest BCUT2D eigenvalue weighted by Crippen LogP contribution is 2.20. The number of amides is 2. The SMILES string of the molecule is C=CCN(C(=O)N(C)C)/C(=C\C)c1ccccc1. The number of allylic oxidation sites excluding steroid dienone is 1. The summed E-state index contributed by atoms with van der Waals surface area (Å²) in [4.78, 5) is 15.4. The van der Waals surface area contributed by atoms with Crippen molar-refractivity contribution in [3.63, 3.8) is 0 Å². The summed E-state index contributed by atoms with van der Waals surface area (Å²) < 4.78 is 0. The Morgan fingerprint density at radius 3 is 2.33 bits per heavy atom. The molecule has 0 aliphatic carbocycles. The van der Waals surface area contributed by atoms with Gasteiger partial charge in [0.05, 0.1) is 0 Å². The zero-order valence-electron chi connectivity index (χ0n) is 11.3. The molecular weight excluding hydrogens is 224 g/mol. The molecule has 0 atom stereocenters. The van der Waals surface area contributed by atoms with Crippen LogP contribution in [0.15, 0.2) is 49.1 Å². The maximum atomic E-state index is 12.2. The molecule has 3 nitrogen and oxygen atoms in total. The molecule has 0 heterocycles. The lowest BCUT2D eigenvalue weighted by Gasteiger charge is -2.27. The number of benzene rings is 1. The molecule has 18 heavy (non-hydrogen) atoms. The molecule has 0 unspecified atom stereocenters. The van der Waals surface area contributed by atoms with Gasteiger partial charge in [-0.15, -0.1) is 6.58 Å². The molecular formula is C15H20N2O. The van der Waals surface area contributed by atoms with Crippen molar-refractivity contribution in [2.45, 2.75) is 6.92 Å². The molecule has 0 spiro atoms. The number of hydrogen-bond acceptors (Lipinski definition) is 1. The fourth-order valence-corrected chi connectivity index (χ4v) is 1.74. The average molecular weight is 244 g/mol. The van der Waals surface area contributed by atoms with E-state index in [0.29, 0.717) is 6.54 Å². The molecule has 96 valence electrons. The number of carbonyl (C=O) groups is 1. The van der Waals surface area contributed by atoms with E-state index in [1.54, 1.807) is 30.0 Å². The first-order valence-electron chi connectivity index (χ1n) is 5.93. The predicted octanol–water partition coefficient (Wildman–Crippen LogP) is 3.22. The maximum Gasteiger partial charge on any atom is 0.324 e. The van der Waals surface area contributed by atoms with E-state index in [9.17, 15) is 4.79 Å².